The predicted octanol–water partition coefficient (Wildman–Crippen LogP) is 1.60. The van der Waals surface area contributed by atoms with Crippen LogP contribution in [-0.2, 0) is 0 Å². The minimum Gasteiger partial charge on any atom is -0.870 e. The van der Waals surface area contributed by atoms with E-state index in [1.165, 1.54) is 13.3 Å². The molecule has 0 aliphatic carbocycles. The lowest BCUT2D eigenvalue weighted by Crippen LogP contribution is -2.02. The van der Waals surface area contributed by atoms with E-state index in [1.807, 2.05) is 0 Å². The third-order valence-corrected chi connectivity index (χ3v) is 3.35. The van der Waals surface area contributed by atoms with Gasteiger partial charge in [0.2, 0.25) is 0 Å². The van der Waals surface area contributed by atoms with Gasteiger partial charge in [0, 0.05) is 12.3 Å². The molecule has 0 unspecified atom stereocenters. The summed E-state index contributed by atoms with van der Waals surface area (Å²) in [5.74, 6) is -0.626. The van der Waals surface area contributed by atoms with Crippen molar-refractivity contribution < 1.29 is 14.8 Å². The monoisotopic (exact) mass is 327 g/mol. The number of aromatic nitrogens is 2. The number of nitro groups is 1. The van der Waals surface area contributed by atoms with Gasteiger partial charge in [-0.15, -0.1) is 0 Å². The first-order valence-corrected chi connectivity index (χ1v) is 6.77. The summed E-state index contributed by atoms with van der Waals surface area (Å²) in [6.45, 7) is 0. The highest BCUT2D eigenvalue weighted by Crippen LogP contribution is 2.31. The molecule has 0 atom stereocenters. The normalized spacial score (nSPS) is 11.2. The van der Waals surface area contributed by atoms with Gasteiger partial charge in [0.05, 0.1) is 34.8 Å². The highest BCUT2D eigenvalue weighted by atomic mass is 16.6. The minimum absolute atomic E-state index is 0.0312. The van der Waals surface area contributed by atoms with Crippen LogP contribution in [0.15, 0.2) is 40.1 Å². The number of rotatable bonds is 4. The highest BCUT2D eigenvalue weighted by molar-refractivity contribution is 5.88. The van der Waals surface area contributed by atoms with Crippen molar-refractivity contribution in [2.75, 3.05) is 7.11 Å². The fourth-order valence-electron chi connectivity index (χ4n) is 2.21. The summed E-state index contributed by atoms with van der Waals surface area (Å²) in [6, 6.07) is 7.11. The standard InChI is InChI=1S/C15H12N4O5/c1-24-13-6-10(19(22)23)4-8(14(13)20)7-16-9-2-3-11-12(5-9)18-15(21)17-11/h2-7,20H,1H3,(H2,17,18,21)/p-1. The highest BCUT2D eigenvalue weighted by Gasteiger charge is 2.11. The summed E-state index contributed by atoms with van der Waals surface area (Å²) < 4.78 is 4.87. The fraction of sp³-hybridized carbons (Fsp3) is 0.0667. The van der Waals surface area contributed by atoms with Crippen LogP contribution >= 0.6 is 0 Å². The first-order valence-electron chi connectivity index (χ1n) is 6.77. The van der Waals surface area contributed by atoms with Crippen LogP contribution in [0.2, 0.25) is 0 Å². The number of nitro benzene ring substituents is 1. The van der Waals surface area contributed by atoms with Gasteiger partial charge in [0.25, 0.3) is 5.69 Å². The molecule has 9 heteroatoms. The molecule has 122 valence electrons. The van der Waals surface area contributed by atoms with Crippen LogP contribution in [0.25, 0.3) is 11.0 Å². The lowest BCUT2D eigenvalue weighted by molar-refractivity contribution is -0.385. The second-order valence-electron chi connectivity index (χ2n) is 4.89. The molecule has 0 aliphatic rings. The van der Waals surface area contributed by atoms with Crippen molar-refractivity contribution in [3.8, 4) is 11.5 Å². The topological polar surface area (TPSA) is 136 Å². The molecule has 1 aromatic heterocycles. The van der Waals surface area contributed by atoms with E-state index in [9.17, 15) is 20.0 Å². The lowest BCUT2D eigenvalue weighted by Gasteiger charge is -2.14. The van der Waals surface area contributed by atoms with Gasteiger partial charge in [0.1, 0.15) is 5.75 Å². The number of H-pyrrole nitrogens is 2. The van der Waals surface area contributed by atoms with E-state index in [2.05, 4.69) is 15.0 Å². The number of benzene rings is 2. The molecule has 0 saturated heterocycles. The molecule has 0 radical (unpaired) electrons. The van der Waals surface area contributed by atoms with Gasteiger partial charge in [-0.3, -0.25) is 15.1 Å². The molecule has 0 fully saturated rings. The van der Waals surface area contributed by atoms with Crippen LogP contribution in [0.4, 0.5) is 11.4 Å². The maximum Gasteiger partial charge on any atom is 0.323 e. The number of hydrogen-bond donors (Lipinski definition) is 2. The van der Waals surface area contributed by atoms with Crippen LogP contribution < -0.4 is 15.5 Å². The van der Waals surface area contributed by atoms with Gasteiger partial charge >= 0.3 is 5.69 Å². The Hall–Kier alpha value is -3.62. The average molecular weight is 327 g/mol. The van der Waals surface area contributed by atoms with Crippen molar-refractivity contribution in [1.29, 1.82) is 0 Å². The quantitative estimate of drug-likeness (QED) is 0.426. The Bertz CT molecular complexity index is 1020. The summed E-state index contributed by atoms with van der Waals surface area (Å²) in [7, 11) is 1.26. The van der Waals surface area contributed by atoms with Crippen LogP contribution in [0, 0.1) is 10.1 Å². The Balaban J connectivity index is 2.01. The van der Waals surface area contributed by atoms with Crippen LogP contribution in [0.5, 0.6) is 11.5 Å². The Kier molecular flexibility index (Phi) is 3.74. The number of aromatic amines is 2. The van der Waals surface area contributed by atoms with Crippen LogP contribution in [0.1, 0.15) is 5.56 Å². The number of imidazole rings is 1. The van der Waals surface area contributed by atoms with Crippen LogP contribution in [0.3, 0.4) is 0 Å². The SMILES string of the molecule is COc1cc([N+](=O)[O-])cc(C=Nc2ccc3[nH]c(=O)[nH]c3c2)c1[O-]. The summed E-state index contributed by atoms with van der Waals surface area (Å²) in [6.07, 6.45) is 1.23. The molecule has 0 saturated carbocycles. The smallest absolute Gasteiger partial charge is 0.323 e. The molecule has 2 aromatic carbocycles. The zero-order valence-electron chi connectivity index (χ0n) is 12.4. The number of aliphatic imine (C=N–C) groups is 1. The number of non-ortho nitro benzene ring substituents is 1. The predicted molar refractivity (Wildman–Crippen MR) is 85.3 cm³/mol. The van der Waals surface area contributed by atoms with E-state index in [0.29, 0.717) is 16.7 Å². The Morgan fingerprint density at radius 2 is 1.96 bits per heavy atom. The van der Waals surface area contributed by atoms with Gasteiger partial charge in [-0.2, -0.15) is 0 Å². The lowest BCUT2D eigenvalue weighted by atomic mass is 10.1. The Morgan fingerprint density at radius 3 is 2.67 bits per heavy atom. The molecule has 9 nitrogen and oxygen atoms in total. The second kappa shape index (κ2) is 5.88. The van der Waals surface area contributed by atoms with Gasteiger partial charge in [0.15, 0.2) is 0 Å². The van der Waals surface area contributed by atoms with Crippen molar-refractivity contribution in [3.05, 3.63) is 56.5 Å². The number of nitrogens with zero attached hydrogens (tertiary/aromatic N) is 2. The molecular weight excluding hydrogens is 316 g/mol. The first-order chi connectivity index (χ1) is 11.5. The third-order valence-electron chi connectivity index (χ3n) is 3.35. The zero-order chi connectivity index (χ0) is 17.3. The van der Waals surface area contributed by atoms with Gasteiger partial charge < -0.3 is 19.8 Å². The maximum absolute atomic E-state index is 12.1. The van der Waals surface area contributed by atoms with E-state index >= 15 is 0 Å². The molecule has 0 spiro atoms. The van der Waals surface area contributed by atoms with Crippen molar-refractivity contribution in [2.24, 2.45) is 4.99 Å². The molecule has 3 aromatic rings. The van der Waals surface area contributed by atoms with E-state index in [-0.39, 0.29) is 22.7 Å². The average Bonchev–Trinajstić information content (AvgIpc) is 2.92. The number of hydrogen-bond acceptors (Lipinski definition) is 6. The van der Waals surface area contributed by atoms with Gasteiger partial charge in [-0.05, 0) is 23.8 Å². The van der Waals surface area contributed by atoms with Crippen molar-refractivity contribution >= 4 is 28.6 Å². The number of ether oxygens (including phenoxy) is 1. The second-order valence-corrected chi connectivity index (χ2v) is 4.89. The molecule has 0 aliphatic heterocycles. The van der Waals surface area contributed by atoms with E-state index in [4.69, 9.17) is 4.74 Å². The van der Waals surface area contributed by atoms with Crippen molar-refractivity contribution in [2.45, 2.75) is 0 Å². The van der Waals surface area contributed by atoms with Gasteiger partial charge in [-0.1, -0.05) is 5.75 Å². The Labute approximate surface area is 134 Å². The number of fused-ring (bicyclic) bond motifs is 1. The molecule has 24 heavy (non-hydrogen) atoms. The summed E-state index contributed by atoms with van der Waals surface area (Å²) in [5, 5.41) is 23.0. The summed E-state index contributed by atoms with van der Waals surface area (Å²) in [5.41, 5.74) is 1.09. The van der Waals surface area contributed by atoms with E-state index in [1.54, 1.807) is 18.2 Å². The molecule has 0 bridgehead atoms. The van der Waals surface area contributed by atoms with Crippen molar-refractivity contribution in [1.82, 2.24) is 9.97 Å². The zero-order valence-corrected chi connectivity index (χ0v) is 12.4. The molecule has 2 N–H and O–H groups in total. The minimum atomic E-state index is -0.615. The molecular formula is C15H11N4O5-. The van der Waals surface area contributed by atoms with Gasteiger partial charge in [-0.25, -0.2) is 4.79 Å². The fourth-order valence-corrected chi connectivity index (χ4v) is 2.21. The summed E-state index contributed by atoms with van der Waals surface area (Å²) >= 11 is 0. The number of methoxy groups -OCH3 is 1. The van der Waals surface area contributed by atoms with Crippen molar-refractivity contribution in [3.63, 3.8) is 0 Å². The van der Waals surface area contributed by atoms with E-state index < -0.39 is 10.7 Å². The molecule has 1 heterocycles. The molecule has 0 amide bonds. The Morgan fingerprint density at radius 1 is 1.21 bits per heavy atom. The number of nitrogens with one attached hydrogen (secondary N) is 2. The maximum atomic E-state index is 12.1. The third kappa shape index (κ3) is 2.82. The summed E-state index contributed by atoms with van der Waals surface area (Å²) in [4.78, 5) is 30.9. The van der Waals surface area contributed by atoms with E-state index in [0.717, 1.165) is 12.1 Å². The van der Waals surface area contributed by atoms with Crippen LogP contribution in [-0.4, -0.2) is 28.2 Å². The molecule has 3 rings (SSSR count). The largest absolute Gasteiger partial charge is 0.870 e. The first kappa shape index (κ1) is 15.3.